The van der Waals surface area contributed by atoms with Gasteiger partial charge in [0.15, 0.2) is 5.17 Å². The van der Waals surface area contributed by atoms with Crippen LogP contribution in [0.1, 0.15) is 30.0 Å². The molecule has 4 aromatic carbocycles. The molecule has 4 nitrogen and oxygen atoms in total. The van der Waals surface area contributed by atoms with Crippen LogP contribution in [0.15, 0.2) is 99.3 Å². The van der Waals surface area contributed by atoms with Crippen molar-refractivity contribution in [1.29, 1.82) is 0 Å². The van der Waals surface area contributed by atoms with E-state index >= 15 is 0 Å². The van der Waals surface area contributed by atoms with Crippen LogP contribution in [0, 0.1) is 6.92 Å². The van der Waals surface area contributed by atoms with Crippen LogP contribution in [0.4, 0.5) is 5.69 Å². The van der Waals surface area contributed by atoms with Crippen molar-refractivity contribution < 1.29 is 9.53 Å². The molecule has 5 rings (SSSR count). The lowest BCUT2D eigenvalue weighted by Gasteiger charge is -2.14. The zero-order chi connectivity index (χ0) is 25.8. The highest BCUT2D eigenvalue weighted by Crippen LogP contribution is 2.38. The molecule has 0 bridgehead atoms. The Bertz CT molecular complexity index is 1490. The van der Waals surface area contributed by atoms with Gasteiger partial charge in [-0.2, -0.15) is 0 Å². The second kappa shape index (κ2) is 11.4. The molecular formula is C31H27BrN2O2S. The summed E-state index contributed by atoms with van der Waals surface area (Å²) in [5.74, 6) is 0.720. The molecule has 0 atom stereocenters. The maximum absolute atomic E-state index is 13.5. The average Bonchev–Trinajstić information content (AvgIpc) is 3.19. The molecule has 186 valence electrons. The summed E-state index contributed by atoms with van der Waals surface area (Å²) in [6.45, 7) is 5.18. The molecule has 1 amide bonds. The highest BCUT2D eigenvalue weighted by molar-refractivity contribution is 9.10. The summed E-state index contributed by atoms with van der Waals surface area (Å²) >= 11 is 4.90. The van der Waals surface area contributed by atoms with E-state index in [4.69, 9.17) is 9.73 Å². The number of amidine groups is 1. The maximum Gasteiger partial charge on any atom is 0.266 e. The molecule has 0 radical (unpaired) electrons. The first-order valence-corrected chi connectivity index (χ1v) is 13.9. The van der Waals surface area contributed by atoms with Gasteiger partial charge in [0.25, 0.3) is 5.91 Å². The predicted octanol–water partition coefficient (Wildman–Crippen LogP) is 8.50. The number of fused-ring (bicyclic) bond motifs is 1. The van der Waals surface area contributed by atoms with E-state index in [1.807, 2.05) is 72.8 Å². The fourth-order valence-electron chi connectivity index (χ4n) is 4.17. The van der Waals surface area contributed by atoms with Gasteiger partial charge < -0.3 is 4.74 Å². The second-order valence-corrected chi connectivity index (χ2v) is 10.8. The third-order valence-corrected chi connectivity index (χ3v) is 7.64. The standard InChI is InChI=1S/C31H27BrN2O2S/c1-3-18-34-30(35)29(37-31(34)33-25-15-8-21(2)9-16-25)19-27-26-7-5-4-6-23(26)12-17-28(27)36-20-22-10-13-24(32)14-11-22/h4-17,19H,3,18,20H2,1-2H3/b29-19+,33-31?. The van der Waals surface area contributed by atoms with Crippen LogP contribution in [0.5, 0.6) is 5.75 Å². The van der Waals surface area contributed by atoms with E-state index in [1.54, 1.807) is 4.90 Å². The number of thioether (sulfide) groups is 1. The molecule has 0 unspecified atom stereocenters. The number of amides is 1. The first-order valence-electron chi connectivity index (χ1n) is 12.3. The number of hydrogen-bond acceptors (Lipinski definition) is 4. The van der Waals surface area contributed by atoms with Crippen molar-refractivity contribution in [3.8, 4) is 5.75 Å². The summed E-state index contributed by atoms with van der Waals surface area (Å²) in [5.41, 5.74) is 3.99. The maximum atomic E-state index is 13.5. The zero-order valence-corrected chi connectivity index (χ0v) is 23.2. The minimum absolute atomic E-state index is 0.0236. The Morgan fingerprint density at radius 3 is 2.49 bits per heavy atom. The molecule has 1 saturated heterocycles. The summed E-state index contributed by atoms with van der Waals surface area (Å²) in [7, 11) is 0. The molecule has 1 aliphatic heterocycles. The van der Waals surface area contributed by atoms with Gasteiger partial charge in [0, 0.05) is 16.6 Å². The molecule has 37 heavy (non-hydrogen) atoms. The Balaban J connectivity index is 1.53. The van der Waals surface area contributed by atoms with Gasteiger partial charge >= 0.3 is 0 Å². The summed E-state index contributed by atoms with van der Waals surface area (Å²) in [6, 6.07) is 28.4. The molecule has 0 spiro atoms. The van der Waals surface area contributed by atoms with Crippen molar-refractivity contribution in [2.75, 3.05) is 6.54 Å². The molecule has 4 aromatic rings. The van der Waals surface area contributed by atoms with E-state index in [1.165, 1.54) is 17.3 Å². The van der Waals surface area contributed by atoms with Crippen LogP contribution in [0.3, 0.4) is 0 Å². The lowest BCUT2D eigenvalue weighted by Crippen LogP contribution is -2.29. The fraction of sp³-hybridized carbons (Fsp3) is 0.161. The van der Waals surface area contributed by atoms with E-state index in [-0.39, 0.29) is 5.91 Å². The summed E-state index contributed by atoms with van der Waals surface area (Å²) in [5, 5.41) is 2.85. The van der Waals surface area contributed by atoms with Crippen LogP contribution in [-0.4, -0.2) is 22.5 Å². The van der Waals surface area contributed by atoms with E-state index in [2.05, 4.69) is 48.0 Å². The van der Waals surface area contributed by atoms with E-state index in [9.17, 15) is 4.79 Å². The van der Waals surface area contributed by atoms with Gasteiger partial charge in [-0.1, -0.05) is 83.0 Å². The minimum Gasteiger partial charge on any atom is -0.488 e. The van der Waals surface area contributed by atoms with Crippen LogP contribution < -0.4 is 4.74 Å². The smallest absolute Gasteiger partial charge is 0.266 e. The van der Waals surface area contributed by atoms with Gasteiger partial charge in [-0.3, -0.25) is 9.69 Å². The molecule has 0 N–H and O–H groups in total. The summed E-state index contributed by atoms with van der Waals surface area (Å²) in [4.78, 5) is 20.8. The molecule has 0 saturated carbocycles. The zero-order valence-electron chi connectivity index (χ0n) is 20.8. The topological polar surface area (TPSA) is 41.9 Å². The summed E-state index contributed by atoms with van der Waals surface area (Å²) in [6.07, 6.45) is 2.81. The van der Waals surface area contributed by atoms with E-state index < -0.39 is 0 Å². The number of halogens is 1. The van der Waals surface area contributed by atoms with Gasteiger partial charge in [-0.15, -0.1) is 0 Å². The Morgan fingerprint density at radius 1 is 0.973 bits per heavy atom. The molecular weight excluding hydrogens is 544 g/mol. The van der Waals surface area contributed by atoms with Crippen molar-refractivity contribution in [3.63, 3.8) is 0 Å². The number of hydrogen-bond donors (Lipinski definition) is 0. The predicted molar refractivity (Wildman–Crippen MR) is 158 cm³/mol. The van der Waals surface area contributed by atoms with E-state index in [0.717, 1.165) is 44.2 Å². The second-order valence-electron chi connectivity index (χ2n) is 8.91. The van der Waals surface area contributed by atoms with E-state index in [0.29, 0.717) is 23.2 Å². The molecule has 1 heterocycles. The molecule has 0 aliphatic carbocycles. The quantitative estimate of drug-likeness (QED) is 0.209. The molecule has 6 heteroatoms. The average molecular weight is 572 g/mol. The van der Waals surface area contributed by atoms with Gasteiger partial charge in [0.05, 0.1) is 10.6 Å². The fourth-order valence-corrected chi connectivity index (χ4v) is 5.44. The normalized spacial score (nSPS) is 15.8. The van der Waals surface area contributed by atoms with Crippen LogP contribution >= 0.6 is 27.7 Å². The number of carbonyl (C=O) groups is 1. The molecule has 1 fully saturated rings. The number of ether oxygens (including phenoxy) is 1. The first-order chi connectivity index (χ1) is 18.0. The van der Waals surface area contributed by atoms with Gasteiger partial charge in [-0.05, 0) is 77.9 Å². The van der Waals surface area contributed by atoms with Crippen molar-refractivity contribution >= 4 is 61.3 Å². The summed E-state index contributed by atoms with van der Waals surface area (Å²) < 4.78 is 7.33. The van der Waals surface area contributed by atoms with Crippen LogP contribution in [0.25, 0.3) is 16.8 Å². The highest BCUT2D eigenvalue weighted by Gasteiger charge is 2.33. The Hall–Kier alpha value is -3.35. The monoisotopic (exact) mass is 570 g/mol. The number of nitrogens with zero attached hydrogens (tertiary/aromatic N) is 2. The third-order valence-electron chi connectivity index (χ3n) is 6.11. The van der Waals surface area contributed by atoms with Crippen molar-refractivity contribution in [1.82, 2.24) is 4.90 Å². The highest BCUT2D eigenvalue weighted by atomic mass is 79.9. The lowest BCUT2D eigenvalue weighted by molar-refractivity contribution is -0.122. The Morgan fingerprint density at radius 2 is 1.73 bits per heavy atom. The van der Waals surface area contributed by atoms with Crippen LogP contribution in [-0.2, 0) is 11.4 Å². The van der Waals surface area contributed by atoms with Gasteiger partial charge in [0.2, 0.25) is 0 Å². The number of carbonyl (C=O) groups excluding carboxylic acids is 1. The SMILES string of the molecule is CCCN1C(=O)/C(=C\c2c(OCc3ccc(Br)cc3)ccc3ccccc23)SC1=Nc1ccc(C)cc1. The number of aryl methyl sites for hydroxylation is 1. The first kappa shape index (κ1) is 25.3. The van der Waals surface area contributed by atoms with Crippen molar-refractivity contribution in [3.05, 3.63) is 111 Å². The lowest BCUT2D eigenvalue weighted by atomic mass is 10.0. The van der Waals surface area contributed by atoms with Gasteiger partial charge in [-0.25, -0.2) is 4.99 Å². The number of rotatable bonds is 7. The largest absolute Gasteiger partial charge is 0.488 e. The third kappa shape index (κ3) is 5.81. The minimum atomic E-state index is -0.0236. The molecule has 1 aliphatic rings. The van der Waals surface area contributed by atoms with Crippen LogP contribution in [0.2, 0.25) is 0 Å². The van der Waals surface area contributed by atoms with Crippen molar-refractivity contribution in [2.24, 2.45) is 4.99 Å². The Labute approximate surface area is 230 Å². The van der Waals surface area contributed by atoms with Gasteiger partial charge in [0.1, 0.15) is 12.4 Å². The number of aliphatic imine (C=N–C) groups is 1. The van der Waals surface area contributed by atoms with Crippen molar-refractivity contribution in [2.45, 2.75) is 26.9 Å². The Kier molecular flexibility index (Phi) is 7.77. The number of benzene rings is 4. The molecule has 0 aromatic heterocycles.